The minimum Gasteiger partial charge on any atom is -0.384 e. The molecule has 2 aromatic rings. The van der Waals surface area contributed by atoms with Gasteiger partial charge in [-0.2, -0.15) is 0 Å². The van der Waals surface area contributed by atoms with Gasteiger partial charge in [0.05, 0.1) is 19.3 Å². The number of hydrogen-bond acceptors (Lipinski definition) is 5. The Kier molecular flexibility index (Phi) is 4.12. The van der Waals surface area contributed by atoms with Crippen molar-refractivity contribution in [1.29, 1.82) is 0 Å². The summed E-state index contributed by atoms with van der Waals surface area (Å²) in [6.07, 6.45) is 8.31. The molecular weight excluding hydrogens is 352 g/mol. The van der Waals surface area contributed by atoms with Gasteiger partial charge in [0.2, 0.25) is 0 Å². The standard InChI is InChI=1S/C22H26N4O2/c1-14(27)18-6-5-17(8-19(18)20-7-16(10-23-20)15-3-4-15)22(11-28-12-22)9-21-25-24-13-26(21)2/h5-6,8,10,13,15,20,23H,3-4,7,9,11-12H2,1-2H3. The third kappa shape index (κ3) is 2.96. The molecule has 0 spiro atoms. The van der Waals surface area contributed by atoms with E-state index in [9.17, 15) is 4.79 Å². The third-order valence-electron chi connectivity index (χ3n) is 6.49. The van der Waals surface area contributed by atoms with Crippen molar-refractivity contribution in [2.45, 2.75) is 44.1 Å². The second-order valence-corrected chi connectivity index (χ2v) is 8.58. The first-order valence-corrected chi connectivity index (χ1v) is 10.1. The van der Waals surface area contributed by atoms with Crippen LogP contribution in [-0.2, 0) is 23.6 Å². The Bertz CT molecular complexity index is 953. The lowest BCUT2D eigenvalue weighted by Gasteiger charge is -2.42. The Hall–Kier alpha value is -2.47. The topological polar surface area (TPSA) is 69.0 Å². The van der Waals surface area contributed by atoms with Crippen LogP contribution in [0.25, 0.3) is 0 Å². The van der Waals surface area contributed by atoms with Crippen LogP contribution in [0.15, 0.2) is 36.3 Å². The van der Waals surface area contributed by atoms with Crippen molar-refractivity contribution in [3.05, 3.63) is 58.8 Å². The SMILES string of the molecule is CC(=O)c1ccc(C2(Cc3nncn3C)COC2)cc1C1CC(C2CC2)=CN1. The van der Waals surface area contributed by atoms with E-state index in [1.165, 1.54) is 24.0 Å². The van der Waals surface area contributed by atoms with E-state index in [-0.39, 0.29) is 17.2 Å². The van der Waals surface area contributed by atoms with Gasteiger partial charge in [-0.05, 0) is 55.0 Å². The maximum absolute atomic E-state index is 12.3. The van der Waals surface area contributed by atoms with Crippen LogP contribution in [0.2, 0.25) is 0 Å². The summed E-state index contributed by atoms with van der Waals surface area (Å²) in [7, 11) is 1.97. The van der Waals surface area contributed by atoms with Crippen LogP contribution in [0.3, 0.4) is 0 Å². The average molecular weight is 378 g/mol. The fourth-order valence-electron chi connectivity index (χ4n) is 4.49. The number of aromatic nitrogens is 3. The number of ketones is 1. The number of nitrogens with zero attached hydrogens (tertiary/aromatic N) is 3. The van der Waals surface area contributed by atoms with Gasteiger partial charge in [-0.1, -0.05) is 18.2 Å². The molecule has 1 unspecified atom stereocenters. The van der Waals surface area contributed by atoms with Crippen molar-refractivity contribution in [3.8, 4) is 0 Å². The number of Topliss-reactive ketones (excluding diaryl/α,β-unsaturated/α-hetero) is 1. The summed E-state index contributed by atoms with van der Waals surface area (Å²) in [6.45, 7) is 3.00. The molecule has 1 aromatic heterocycles. The second-order valence-electron chi connectivity index (χ2n) is 8.58. The van der Waals surface area contributed by atoms with E-state index in [1.54, 1.807) is 13.3 Å². The molecule has 1 aromatic carbocycles. The van der Waals surface area contributed by atoms with Gasteiger partial charge in [-0.15, -0.1) is 10.2 Å². The van der Waals surface area contributed by atoms with E-state index >= 15 is 0 Å². The number of carbonyl (C=O) groups is 1. The van der Waals surface area contributed by atoms with Crippen molar-refractivity contribution in [2.75, 3.05) is 13.2 Å². The summed E-state index contributed by atoms with van der Waals surface area (Å²) in [5.74, 6) is 1.83. The molecule has 3 heterocycles. The lowest BCUT2D eigenvalue weighted by molar-refractivity contribution is -0.0611. The molecule has 1 N–H and O–H groups in total. The summed E-state index contributed by atoms with van der Waals surface area (Å²) in [4.78, 5) is 12.3. The smallest absolute Gasteiger partial charge is 0.160 e. The van der Waals surface area contributed by atoms with Crippen LogP contribution in [0.5, 0.6) is 0 Å². The zero-order valence-electron chi connectivity index (χ0n) is 16.4. The number of hydrogen-bond donors (Lipinski definition) is 1. The van der Waals surface area contributed by atoms with Crippen LogP contribution < -0.4 is 5.32 Å². The number of benzene rings is 1. The predicted octanol–water partition coefficient (Wildman–Crippen LogP) is 2.86. The summed E-state index contributed by atoms with van der Waals surface area (Å²) in [5.41, 5.74) is 4.56. The van der Waals surface area contributed by atoms with Crippen molar-refractivity contribution < 1.29 is 9.53 Å². The largest absolute Gasteiger partial charge is 0.384 e. The Balaban J connectivity index is 1.48. The van der Waals surface area contributed by atoms with Crippen LogP contribution in [0, 0.1) is 5.92 Å². The number of ether oxygens (including phenoxy) is 1. The van der Waals surface area contributed by atoms with Gasteiger partial charge < -0.3 is 14.6 Å². The first-order valence-electron chi connectivity index (χ1n) is 10.1. The van der Waals surface area contributed by atoms with E-state index < -0.39 is 0 Å². The van der Waals surface area contributed by atoms with Gasteiger partial charge in [-0.3, -0.25) is 4.79 Å². The summed E-state index contributed by atoms with van der Waals surface area (Å²) >= 11 is 0. The van der Waals surface area contributed by atoms with Gasteiger partial charge >= 0.3 is 0 Å². The van der Waals surface area contributed by atoms with Crippen molar-refractivity contribution in [2.24, 2.45) is 13.0 Å². The first-order chi connectivity index (χ1) is 13.6. The van der Waals surface area contributed by atoms with Gasteiger partial charge in [0.25, 0.3) is 0 Å². The molecule has 1 saturated heterocycles. The first kappa shape index (κ1) is 17.6. The molecule has 0 bridgehead atoms. The van der Waals surface area contributed by atoms with Gasteiger partial charge in [0.1, 0.15) is 12.2 Å². The van der Waals surface area contributed by atoms with Crippen LogP contribution in [0.4, 0.5) is 0 Å². The molecule has 146 valence electrons. The number of rotatable bonds is 6. The lowest BCUT2D eigenvalue weighted by atomic mass is 9.74. The van der Waals surface area contributed by atoms with Crippen molar-refractivity contribution in [3.63, 3.8) is 0 Å². The maximum atomic E-state index is 12.3. The Morgan fingerprint density at radius 2 is 2.18 bits per heavy atom. The highest BCUT2D eigenvalue weighted by atomic mass is 16.5. The molecule has 2 fully saturated rings. The average Bonchev–Trinajstić information content (AvgIpc) is 3.25. The molecule has 6 heteroatoms. The molecule has 2 aliphatic heterocycles. The molecule has 0 radical (unpaired) electrons. The quantitative estimate of drug-likeness (QED) is 0.783. The maximum Gasteiger partial charge on any atom is 0.160 e. The van der Waals surface area contributed by atoms with Gasteiger partial charge in [-0.25, -0.2) is 0 Å². The zero-order valence-corrected chi connectivity index (χ0v) is 16.4. The summed E-state index contributed by atoms with van der Waals surface area (Å²) < 4.78 is 7.60. The zero-order chi connectivity index (χ0) is 19.3. The summed E-state index contributed by atoms with van der Waals surface area (Å²) in [6, 6.07) is 6.52. The van der Waals surface area contributed by atoms with Crippen LogP contribution in [0.1, 0.15) is 59.5 Å². The van der Waals surface area contributed by atoms with Gasteiger partial charge in [0.15, 0.2) is 5.78 Å². The van der Waals surface area contributed by atoms with E-state index in [0.717, 1.165) is 35.7 Å². The molecule has 28 heavy (non-hydrogen) atoms. The molecular formula is C22H26N4O2. The Morgan fingerprint density at radius 3 is 2.79 bits per heavy atom. The highest BCUT2D eigenvalue weighted by Gasteiger charge is 2.42. The molecule has 6 nitrogen and oxygen atoms in total. The molecule has 0 amide bonds. The number of nitrogens with one attached hydrogen (secondary N) is 1. The van der Waals surface area contributed by atoms with E-state index in [0.29, 0.717) is 13.2 Å². The highest BCUT2D eigenvalue weighted by molar-refractivity contribution is 5.96. The van der Waals surface area contributed by atoms with E-state index in [4.69, 9.17) is 4.74 Å². The Morgan fingerprint density at radius 1 is 1.36 bits per heavy atom. The second kappa shape index (κ2) is 6.55. The van der Waals surface area contributed by atoms with Crippen molar-refractivity contribution >= 4 is 5.78 Å². The predicted molar refractivity (Wildman–Crippen MR) is 105 cm³/mol. The van der Waals surface area contributed by atoms with Crippen LogP contribution in [-0.4, -0.2) is 33.8 Å². The third-order valence-corrected chi connectivity index (χ3v) is 6.49. The molecule has 1 saturated carbocycles. The molecule has 1 aliphatic carbocycles. The number of aryl methyl sites for hydroxylation is 1. The highest BCUT2D eigenvalue weighted by Crippen LogP contribution is 2.44. The molecule has 3 aliphatic rings. The fourth-order valence-corrected chi connectivity index (χ4v) is 4.49. The minimum atomic E-state index is -0.101. The van der Waals surface area contributed by atoms with E-state index in [1.807, 2.05) is 17.7 Å². The van der Waals surface area contributed by atoms with E-state index in [2.05, 4.69) is 33.8 Å². The minimum absolute atomic E-state index is 0.101. The fraction of sp³-hybridized carbons (Fsp3) is 0.500. The normalized spacial score (nSPS) is 23.1. The van der Waals surface area contributed by atoms with Gasteiger partial charge in [0, 0.05) is 24.4 Å². The van der Waals surface area contributed by atoms with Crippen LogP contribution >= 0.6 is 0 Å². The number of carbonyl (C=O) groups excluding carboxylic acids is 1. The molecule has 5 rings (SSSR count). The monoisotopic (exact) mass is 378 g/mol. The molecule has 1 atom stereocenters. The van der Waals surface area contributed by atoms with Crippen molar-refractivity contribution in [1.82, 2.24) is 20.1 Å². The summed E-state index contributed by atoms with van der Waals surface area (Å²) in [5, 5.41) is 11.8. The lowest BCUT2D eigenvalue weighted by Crippen LogP contribution is -2.49. The Labute approximate surface area is 165 Å².